The fourth-order valence-electron chi connectivity index (χ4n) is 1.08. The van der Waals surface area contributed by atoms with E-state index in [9.17, 15) is 9.59 Å². The summed E-state index contributed by atoms with van der Waals surface area (Å²) in [6.07, 6.45) is -2.94. The second-order valence-electron chi connectivity index (χ2n) is 2.42. The Balaban J connectivity index is 2.86. The molecule has 0 radical (unpaired) electrons. The Kier molecular flexibility index (Phi) is 2.35. The highest BCUT2D eigenvalue weighted by molar-refractivity contribution is 7.14. The predicted molar refractivity (Wildman–Crippen MR) is 42.3 cm³/mol. The van der Waals surface area contributed by atoms with Crippen molar-refractivity contribution in [3.05, 3.63) is 0 Å². The molecule has 0 aliphatic carbocycles. The molecule has 11 heavy (non-hydrogen) atoms. The van der Waals surface area contributed by atoms with Gasteiger partial charge in [0.2, 0.25) is 0 Å². The number of carbonyl (C=O) groups is 2. The Morgan fingerprint density at radius 3 is 1.82 bits per heavy atom. The summed E-state index contributed by atoms with van der Waals surface area (Å²) in [7, 11) is -1.79. The highest BCUT2D eigenvalue weighted by Gasteiger charge is 2.48. The van der Waals surface area contributed by atoms with Crippen LogP contribution in [0.15, 0.2) is 0 Å². The zero-order chi connectivity index (χ0) is 8.59. The summed E-state index contributed by atoms with van der Waals surface area (Å²) >= 11 is 0. The minimum absolute atomic E-state index is 0.488. The largest absolute Gasteiger partial charge is 0.383 e. The predicted octanol–water partition coefficient (Wildman–Crippen LogP) is -4.47. The van der Waals surface area contributed by atoms with Crippen LogP contribution in [0, 0.1) is 0 Å². The molecule has 7 heteroatoms. The smallest absolute Gasteiger partial charge is 0.261 e. The van der Waals surface area contributed by atoms with Crippen LogP contribution in [-0.4, -0.2) is 52.6 Å². The van der Waals surface area contributed by atoms with Gasteiger partial charge in [0.25, 0.3) is 8.96 Å². The fraction of sp³-hybridized carbons (Fsp3) is 0.500. The molecule has 1 heterocycles. The average molecular weight is 191 g/mol. The summed E-state index contributed by atoms with van der Waals surface area (Å²) in [6, 6.07) is 0. The maximum absolute atomic E-state index is 10.9. The van der Waals surface area contributed by atoms with Crippen LogP contribution < -0.4 is 4.65 Å². The van der Waals surface area contributed by atoms with Gasteiger partial charge in [-0.3, -0.25) is 0 Å². The van der Waals surface area contributed by atoms with E-state index in [4.69, 9.17) is 10.2 Å². The maximum Gasteiger partial charge on any atom is 0.261 e. The number of aliphatic hydroxyl groups is 2. The van der Waals surface area contributed by atoms with Crippen molar-refractivity contribution >= 4 is 30.2 Å². The van der Waals surface area contributed by atoms with Crippen LogP contribution in [0.1, 0.15) is 0 Å². The van der Waals surface area contributed by atoms with Crippen LogP contribution in [0.2, 0.25) is 0 Å². The van der Waals surface area contributed by atoms with Gasteiger partial charge in [-0.1, -0.05) is 0 Å². The Morgan fingerprint density at radius 2 is 1.64 bits per heavy atom. The third kappa shape index (κ3) is 1.21. The van der Waals surface area contributed by atoms with Crippen molar-refractivity contribution in [1.82, 2.24) is 4.65 Å². The molecule has 0 aromatic carbocycles. The highest BCUT2D eigenvalue weighted by atomic mass is 28.3. The molecule has 0 aromatic rings. The second-order valence-corrected chi connectivity index (χ2v) is 6.73. The molecule has 0 saturated carbocycles. The molecule has 1 aliphatic heterocycles. The van der Waals surface area contributed by atoms with Gasteiger partial charge in [-0.2, -0.15) is 0 Å². The molecule has 0 spiro atoms. The molecular weight excluding hydrogens is 182 g/mol. The molecule has 0 amide bonds. The lowest BCUT2D eigenvalue weighted by Crippen LogP contribution is -2.44. The topological polar surface area (TPSA) is 86.6 Å². The van der Waals surface area contributed by atoms with Gasteiger partial charge in [-0.25, -0.2) is 0 Å². The van der Waals surface area contributed by atoms with E-state index in [2.05, 4.69) is 4.65 Å². The number of hydrogen-bond acceptors (Lipinski definition) is 5. The second kappa shape index (κ2) is 2.95. The van der Waals surface area contributed by atoms with Gasteiger partial charge in [0.1, 0.15) is 12.2 Å². The molecule has 2 atom stereocenters. The van der Waals surface area contributed by atoms with Crippen molar-refractivity contribution in [3.63, 3.8) is 0 Å². The molecule has 1 fully saturated rings. The van der Waals surface area contributed by atoms with E-state index in [1.807, 2.05) is 0 Å². The summed E-state index contributed by atoms with van der Waals surface area (Å²) in [4.78, 5) is 21.9. The molecule has 1 aliphatic rings. The van der Waals surface area contributed by atoms with Gasteiger partial charge in [-0.05, 0) is 0 Å². The van der Waals surface area contributed by atoms with Crippen LogP contribution >= 0.6 is 0 Å². The molecular formula is C4H9NO4Si2. The summed E-state index contributed by atoms with van der Waals surface area (Å²) in [5, 5.41) is 16.9. The first-order valence-corrected chi connectivity index (χ1v) is 5.93. The lowest BCUT2D eigenvalue weighted by molar-refractivity contribution is -0.129. The van der Waals surface area contributed by atoms with E-state index in [1.54, 1.807) is 0 Å². The summed E-state index contributed by atoms with van der Waals surface area (Å²) < 4.78 is 2.68. The SMILES string of the molecule is O=C1C(O)C(O)C(=O)[SiH]1N[SiH3]. The molecule has 0 aromatic heterocycles. The molecule has 3 N–H and O–H groups in total. The number of aliphatic hydroxyl groups excluding tert-OH is 2. The standard InChI is InChI=1S/C4H9NO4Si2/c6-1-2(7)4(9)11(5-10)3(1)8/h1-2,5-7,11H,10H3. The van der Waals surface area contributed by atoms with E-state index >= 15 is 0 Å². The lowest BCUT2D eigenvalue weighted by atomic mass is 10.2. The third-order valence-electron chi connectivity index (χ3n) is 1.74. The first-order valence-electron chi connectivity index (χ1n) is 3.20. The lowest BCUT2D eigenvalue weighted by Gasteiger charge is -2.01. The highest BCUT2D eigenvalue weighted by Crippen LogP contribution is 2.09. The van der Waals surface area contributed by atoms with Crippen molar-refractivity contribution in [2.45, 2.75) is 12.2 Å². The molecule has 5 nitrogen and oxygen atoms in total. The zero-order valence-electron chi connectivity index (χ0n) is 5.94. The number of nitrogens with one attached hydrogen (secondary N) is 1. The molecule has 0 bridgehead atoms. The van der Waals surface area contributed by atoms with E-state index in [-0.39, 0.29) is 0 Å². The molecule has 62 valence electrons. The van der Waals surface area contributed by atoms with Crippen molar-refractivity contribution in [2.75, 3.05) is 0 Å². The van der Waals surface area contributed by atoms with E-state index in [0.29, 0.717) is 10.4 Å². The Hall–Kier alpha value is -0.346. The van der Waals surface area contributed by atoms with Crippen LogP contribution in [0.3, 0.4) is 0 Å². The van der Waals surface area contributed by atoms with Gasteiger partial charge < -0.3 is 24.5 Å². The summed E-state index contributed by atoms with van der Waals surface area (Å²) in [5.41, 5.74) is 0. The fourth-order valence-corrected chi connectivity index (χ4v) is 4.68. The van der Waals surface area contributed by atoms with Crippen LogP contribution in [0.25, 0.3) is 0 Å². The van der Waals surface area contributed by atoms with Crippen molar-refractivity contribution in [1.29, 1.82) is 0 Å². The number of rotatable bonds is 1. The first-order chi connectivity index (χ1) is 5.09. The van der Waals surface area contributed by atoms with Crippen molar-refractivity contribution in [2.24, 2.45) is 0 Å². The minimum Gasteiger partial charge on any atom is -0.383 e. The van der Waals surface area contributed by atoms with E-state index < -0.39 is 32.0 Å². The Labute approximate surface area is 67.6 Å². The Bertz CT molecular complexity index is 188. The normalized spacial score (nSPS) is 38.5. The zero-order valence-corrected chi connectivity index (χ0v) is 9.10. The summed E-state index contributed by atoms with van der Waals surface area (Å²) in [5.74, 6) is 0. The van der Waals surface area contributed by atoms with Crippen LogP contribution in [-0.2, 0) is 9.59 Å². The van der Waals surface area contributed by atoms with E-state index in [1.165, 1.54) is 0 Å². The molecule has 1 rings (SSSR count). The van der Waals surface area contributed by atoms with E-state index in [0.717, 1.165) is 0 Å². The molecule has 2 unspecified atom stereocenters. The quantitative estimate of drug-likeness (QED) is 0.364. The van der Waals surface area contributed by atoms with Crippen LogP contribution in [0.4, 0.5) is 0 Å². The maximum atomic E-state index is 10.9. The minimum atomic E-state index is -2.33. The van der Waals surface area contributed by atoms with Gasteiger partial charge in [-0.15, -0.1) is 0 Å². The number of carbonyl (C=O) groups excluding carboxylic acids is 2. The Morgan fingerprint density at radius 1 is 1.27 bits per heavy atom. The average Bonchev–Trinajstić information content (AvgIpc) is 2.17. The van der Waals surface area contributed by atoms with Gasteiger partial charge in [0, 0.05) is 0 Å². The van der Waals surface area contributed by atoms with Crippen LogP contribution in [0.5, 0.6) is 0 Å². The van der Waals surface area contributed by atoms with Crippen molar-refractivity contribution in [3.8, 4) is 0 Å². The van der Waals surface area contributed by atoms with Gasteiger partial charge in [0.15, 0.2) is 10.8 Å². The van der Waals surface area contributed by atoms with Gasteiger partial charge >= 0.3 is 0 Å². The van der Waals surface area contributed by atoms with Gasteiger partial charge in [0.05, 0.1) is 10.4 Å². The number of hydrogen-bond donors (Lipinski definition) is 3. The first kappa shape index (κ1) is 8.75. The van der Waals surface area contributed by atoms with Crippen molar-refractivity contribution < 1.29 is 19.8 Å². The third-order valence-corrected chi connectivity index (χ3v) is 5.87. The molecule has 1 saturated heterocycles. The monoisotopic (exact) mass is 191 g/mol. The summed E-state index contributed by atoms with van der Waals surface area (Å²) in [6.45, 7) is 0.